The minimum absolute atomic E-state index is 0.148. The topological polar surface area (TPSA) is 64.0 Å². The number of carbonyl (C=O) groups excluding carboxylic acids is 1. The van der Waals surface area contributed by atoms with Crippen LogP contribution in [0.2, 0.25) is 5.02 Å². The Labute approximate surface area is 170 Å². The van der Waals surface area contributed by atoms with Gasteiger partial charge in [-0.2, -0.15) is 0 Å². The van der Waals surface area contributed by atoms with Gasteiger partial charge in [0, 0.05) is 32.0 Å². The highest BCUT2D eigenvalue weighted by atomic mass is 79.9. The first kappa shape index (κ1) is 19.3. The highest BCUT2D eigenvalue weighted by Crippen LogP contribution is 2.21. The Morgan fingerprint density at radius 2 is 1.89 bits per heavy atom. The van der Waals surface area contributed by atoms with Crippen LogP contribution >= 0.6 is 27.5 Å². The van der Waals surface area contributed by atoms with Gasteiger partial charge in [-0.15, -0.1) is 0 Å². The minimum Gasteiger partial charge on any atom is -0.325 e. The second-order valence-electron chi connectivity index (χ2n) is 6.10. The van der Waals surface area contributed by atoms with Crippen LogP contribution in [0.4, 0.5) is 5.69 Å². The summed E-state index contributed by atoms with van der Waals surface area (Å²) in [6, 6.07) is 14.3. The Balaban J connectivity index is 1.98. The molecule has 0 unspecified atom stereocenters. The van der Waals surface area contributed by atoms with Gasteiger partial charge in [0.25, 0.3) is 5.56 Å². The van der Waals surface area contributed by atoms with Gasteiger partial charge in [0.15, 0.2) is 0 Å². The number of nitrogens with zero attached hydrogens (tertiary/aromatic N) is 2. The van der Waals surface area contributed by atoms with E-state index in [1.165, 1.54) is 4.57 Å². The summed E-state index contributed by atoms with van der Waals surface area (Å²) in [6.07, 6.45) is 0. The lowest BCUT2D eigenvalue weighted by atomic mass is 10.1. The van der Waals surface area contributed by atoms with Gasteiger partial charge in [-0.3, -0.25) is 14.2 Å². The average Bonchev–Trinajstić information content (AvgIpc) is 2.64. The summed E-state index contributed by atoms with van der Waals surface area (Å²) < 4.78 is 2.29. The predicted molar refractivity (Wildman–Crippen MR) is 111 cm³/mol. The summed E-state index contributed by atoms with van der Waals surface area (Å²) >= 11 is 9.44. The monoisotopic (exact) mass is 445 g/mol. The van der Waals surface area contributed by atoms with Crippen molar-refractivity contribution in [2.24, 2.45) is 0 Å². The summed E-state index contributed by atoms with van der Waals surface area (Å²) in [4.78, 5) is 29.9. The molecule has 0 saturated carbocycles. The minimum atomic E-state index is -0.312. The van der Waals surface area contributed by atoms with Gasteiger partial charge in [0.2, 0.25) is 5.91 Å². The molecule has 0 bridgehead atoms. The maximum Gasteiger partial charge on any atom is 0.257 e. The van der Waals surface area contributed by atoms with Crippen LogP contribution in [0.15, 0.2) is 57.8 Å². The number of nitrogens with one attached hydrogen (secondary N) is 1. The van der Waals surface area contributed by atoms with E-state index < -0.39 is 0 Å². The first-order chi connectivity index (χ1) is 12.8. The molecule has 1 amide bonds. The number of halogens is 2. The molecule has 1 heterocycles. The van der Waals surface area contributed by atoms with Gasteiger partial charge < -0.3 is 5.32 Å². The van der Waals surface area contributed by atoms with Gasteiger partial charge >= 0.3 is 0 Å². The number of amides is 1. The third kappa shape index (κ3) is 4.46. The van der Waals surface area contributed by atoms with Crippen molar-refractivity contribution in [3.05, 3.63) is 79.6 Å². The lowest BCUT2D eigenvalue weighted by Gasteiger charge is -2.15. The molecule has 0 fully saturated rings. The fourth-order valence-corrected chi connectivity index (χ4v) is 3.08. The Bertz CT molecular complexity index is 1060. The molecule has 0 atom stereocenters. The van der Waals surface area contributed by atoms with Crippen LogP contribution in [0.5, 0.6) is 0 Å². The molecule has 0 aliphatic heterocycles. The van der Waals surface area contributed by atoms with Crippen LogP contribution in [-0.4, -0.2) is 15.5 Å². The summed E-state index contributed by atoms with van der Waals surface area (Å²) in [5, 5.41) is 3.33. The molecular weight excluding hydrogens is 430 g/mol. The van der Waals surface area contributed by atoms with Crippen LogP contribution in [0, 0.1) is 13.8 Å². The number of benzene rings is 2. The van der Waals surface area contributed by atoms with E-state index in [0.29, 0.717) is 33.4 Å². The van der Waals surface area contributed by atoms with E-state index in [9.17, 15) is 9.59 Å². The molecule has 0 radical (unpaired) electrons. The molecule has 3 rings (SSSR count). The van der Waals surface area contributed by atoms with E-state index in [0.717, 1.165) is 4.47 Å². The smallest absolute Gasteiger partial charge is 0.257 e. The van der Waals surface area contributed by atoms with Crippen molar-refractivity contribution in [3.63, 3.8) is 0 Å². The van der Waals surface area contributed by atoms with E-state index in [-0.39, 0.29) is 18.0 Å². The molecule has 7 heteroatoms. The molecule has 5 nitrogen and oxygen atoms in total. The maximum atomic E-state index is 12.8. The molecule has 1 aromatic heterocycles. The number of anilines is 1. The van der Waals surface area contributed by atoms with Gasteiger partial charge in [0.05, 0.1) is 0 Å². The molecule has 3 aromatic rings. The van der Waals surface area contributed by atoms with E-state index in [1.54, 1.807) is 44.2 Å². The first-order valence-corrected chi connectivity index (χ1v) is 9.41. The zero-order valence-corrected chi connectivity index (χ0v) is 17.1. The van der Waals surface area contributed by atoms with Gasteiger partial charge in [-0.05, 0) is 50.2 Å². The Morgan fingerprint density at radius 1 is 1.19 bits per heavy atom. The van der Waals surface area contributed by atoms with Gasteiger partial charge in [-0.25, -0.2) is 4.98 Å². The van der Waals surface area contributed by atoms with Crippen LogP contribution < -0.4 is 10.9 Å². The molecule has 27 heavy (non-hydrogen) atoms. The normalized spacial score (nSPS) is 10.7. The predicted octanol–water partition coefficient (Wildman–Crippen LogP) is 4.58. The zero-order valence-electron chi connectivity index (χ0n) is 14.8. The van der Waals surface area contributed by atoms with Crippen molar-refractivity contribution in [3.8, 4) is 11.4 Å². The number of aryl methyl sites for hydroxylation is 1. The van der Waals surface area contributed by atoms with Crippen LogP contribution in [-0.2, 0) is 11.3 Å². The lowest BCUT2D eigenvalue weighted by Crippen LogP contribution is -2.31. The van der Waals surface area contributed by atoms with E-state index in [2.05, 4.69) is 26.2 Å². The highest BCUT2D eigenvalue weighted by molar-refractivity contribution is 9.10. The Kier molecular flexibility index (Phi) is 5.77. The molecule has 0 saturated heterocycles. The number of hydrogen-bond acceptors (Lipinski definition) is 3. The van der Waals surface area contributed by atoms with E-state index in [4.69, 9.17) is 11.6 Å². The quantitative estimate of drug-likeness (QED) is 0.638. The van der Waals surface area contributed by atoms with Crippen LogP contribution in [0.25, 0.3) is 11.4 Å². The zero-order chi connectivity index (χ0) is 19.6. The summed E-state index contributed by atoms with van der Waals surface area (Å²) in [6.45, 7) is 3.33. The standard InChI is InChI=1S/C20H17BrClN3O2/c1-12-13(2)23-19(14-4-3-5-16(22)10-14)25(20(12)27)11-18(26)24-17-8-6-15(21)7-9-17/h3-10H,11H2,1-2H3,(H,24,26). The second-order valence-corrected chi connectivity index (χ2v) is 7.45. The fraction of sp³-hybridized carbons (Fsp3) is 0.150. The van der Waals surface area contributed by atoms with Crippen molar-refractivity contribution in [2.75, 3.05) is 5.32 Å². The van der Waals surface area contributed by atoms with Crippen LogP contribution in [0.3, 0.4) is 0 Å². The highest BCUT2D eigenvalue weighted by Gasteiger charge is 2.16. The third-order valence-corrected chi connectivity index (χ3v) is 4.91. The lowest BCUT2D eigenvalue weighted by molar-refractivity contribution is -0.116. The Hall–Kier alpha value is -2.44. The number of aromatic nitrogens is 2. The summed E-state index contributed by atoms with van der Waals surface area (Å²) in [5.74, 6) is 0.101. The van der Waals surface area contributed by atoms with E-state index in [1.807, 2.05) is 18.2 Å². The molecule has 0 aliphatic rings. The number of rotatable bonds is 4. The van der Waals surface area contributed by atoms with Gasteiger partial charge in [-0.1, -0.05) is 39.7 Å². The number of hydrogen-bond donors (Lipinski definition) is 1. The SMILES string of the molecule is Cc1nc(-c2cccc(Cl)c2)n(CC(=O)Nc2ccc(Br)cc2)c(=O)c1C. The fourth-order valence-electron chi connectivity index (χ4n) is 2.63. The van der Waals surface area contributed by atoms with Crippen molar-refractivity contribution in [1.82, 2.24) is 9.55 Å². The van der Waals surface area contributed by atoms with Crippen molar-refractivity contribution in [1.29, 1.82) is 0 Å². The molecular formula is C20H17BrClN3O2. The summed E-state index contributed by atoms with van der Waals surface area (Å²) in [7, 11) is 0. The van der Waals surface area contributed by atoms with E-state index >= 15 is 0 Å². The molecule has 138 valence electrons. The first-order valence-electron chi connectivity index (χ1n) is 8.24. The van der Waals surface area contributed by atoms with Crippen molar-refractivity contribution in [2.45, 2.75) is 20.4 Å². The van der Waals surface area contributed by atoms with Crippen molar-refractivity contribution < 1.29 is 4.79 Å². The molecule has 1 N–H and O–H groups in total. The summed E-state index contributed by atoms with van der Waals surface area (Å²) in [5.41, 5.74) is 2.22. The molecule has 0 aliphatic carbocycles. The van der Waals surface area contributed by atoms with Gasteiger partial charge in [0.1, 0.15) is 12.4 Å². The Morgan fingerprint density at radius 3 is 2.56 bits per heavy atom. The van der Waals surface area contributed by atoms with Crippen LogP contribution in [0.1, 0.15) is 11.3 Å². The number of carbonyl (C=O) groups is 1. The maximum absolute atomic E-state index is 12.8. The second kappa shape index (κ2) is 8.06. The van der Waals surface area contributed by atoms with Crippen molar-refractivity contribution >= 4 is 39.1 Å². The molecule has 2 aromatic carbocycles. The average molecular weight is 447 g/mol. The largest absolute Gasteiger partial charge is 0.325 e. The third-order valence-electron chi connectivity index (χ3n) is 4.15. The molecule has 0 spiro atoms.